The molecule has 2 heterocycles. The lowest BCUT2D eigenvalue weighted by atomic mass is 10.0. The van der Waals surface area contributed by atoms with Crippen molar-refractivity contribution in [2.75, 3.05) is 26.2 Å². The van der Waals surface area contributed by atoms with Crippen LogP contribution in [0, 0.1) is 0 Å². The van der Waals surface area contributed by atoms with Crippen molar-refractivity contribution in [2.45, 2.75) is 25.3 Å². The van der Waals surface area contributed by atoms with E-state index in [2.05, 4.69) is 10.2 Å². The number of nitrogens with zero attached hydrogens (tertiary/aromatic N) is 1. The molecule has 0 saturated carbocycles. The van der Waals surface area contributed by atoms with Crippen LogP contribution in [0.1, 0.15) is 19.3 Å². The molecule has 0 bridgehead atoms. The summed E-state index contributed by atoms with van der Waals surface area (Å²) in [6.07, 6.45) is 6.53. The molecule has 10 nitrogen and oxygen atoms in total. The number of aliphatic carboxylic acids is 4. The van der Waals surface area contributed by atoms with Gasteiger partial charge in [-0.2, -0.15) is 0 Å². The number of carbonyl (C=O) groups is 4. The van der Waals surface area contributed by atoms with E-state index >= 15 is 0 Å². The van der Waals surface area contributed by atoms with E-state index in [4.69, 9.17) is 20.4 Å². The Balaban J connectivity index is 0.000000366. The molecule has 10 heteroatoms. The van der Waals surface area contributed by atoms with Crippen LogP contribution in [0.3, 0.4) is 0 Å². The first-order valence-electron chi connectivity index (χ1n) is 7.95. The Hall–Kier alpha value is -2.72. The number of piperidine rings is 1. The second kappa shape index (κ2) is 13.6. The maximum absolute atomic E-state index is 9.55. The average molecular weight is 372 g/mol. The van der Waals surface area contributed by atoms with Gasteiger partial charge in [0.1, 0.15) is 0 Å². The van der Waals surface area contributed by atoms with Gasteiger partial charge in [0, 0.05) is 50.0 Å². The Bertz CT molecular complexity index is 452. The summed E-state index contributed by atoms with van der Waals surface area (Å²) < 4.78 is 0. The Labute approximate surface area is 150 Å². The summed E-state index contributed by atoms with van der Waals surface area (Å²) in [5.74, 6) is -5.03. The van der Waals surface area contributed by atoms with Crippen molar-refractivity contribution in [3.8, 4) is 0 Å². The van der Waals surface area contributed by atoms with Crippen LogP contribution < -0.4 is 5.32 Å². The number of fused-ring (bicyclic) bond motifs is 1. The zero-order chi connectivity index (χ0) is 19.9. The molecule has 0 radical (unpaired) electrons. The Morgan fingerprint density at radius 2 is 1.23 bits per heavy atom. The number of carboxylic acid groups (broad SMARTS) is 4. The van der Waals surface area contributed by atoms with E-state index in [1.54, 1.807) is 0 Å². The van der Waals surface area contributed by atoms with Crippen LogP contribution in [0.5, 0.6) is 0 Å². The first-order valence-corrected chi connectivity index (χ1v) is 7.95. The maximum atomic E-state index is 9.55. The second-order valence-electron chi connectivity index (χ2n) is 5.41. The van der Waals surface area contributed by atoms with Crippen molar-refractivity contribution in [1.82, 2.24) is 10.2 Å². The molecule has 0 aliphatic carbocycles. The zero-order valence-electron chi connectivity index (χ0n) is 14.2. The SMILES string of the molecule is C1CCN2CCNCC2C1.O=C(O)C=CC(=O)O.O=C(O)C=CC(=O)O. The molecular formula is C16H24N2O8. The van der Waals surface area contributed by atoms with E-state index in [1.807, 2.05) is 0 Å². The summed E-state index contributed by atoms with van der Waals surface area (Å²) >= 11 is 0. The van der Waals surface area contributed by atoms with Crippen LogP contribution in [-0.4, -0.2) is 81.4 Å². The number of carboxylic acids is 4. The van der Waals surface area contributed by atoms with Crippen LogP contribution in [0.2, 0.25) is 0 Å². The highest BCUT2D eigenvalue weighted by Gasteiger charge is 2.23. The molecule has 26 heavy (non-hydrogen) atoms. The number of piperazine rings is 1. The first kappa shape index (κ1) is 23.3. The summed E-state index contributed by atoms with van der Waals surface area (Å²) in [7, 11) is 0. The molecule has 2 rings (SSSR count). The van der Waals surface area contributed by atoms with Gasteiger partial charge in [0.05, 0.1) is 0 Å². The standard InChI is InChI=1S/C8H16N2.2C4H4O4/c1-2-5-10-6-4-9-7-8(10)3-1;2*5-3(6)1-2-4(7)8/h8-9H,1-7H2;2*1-2H,(H,5,6)(H,7,8). The summed E-state index contributed by atoms with van der Waals surface area (Å²) in [5.41, 5.74) is 0. The smallest absolute Gasteiger partial charge is 0.328 e. The molecule has 0 amide bonds. The van der Waals surface area contributed by atoms with Crippen LogP contribution in [0.4, 0.5) is 0 Å². The molecule has 0 aromatic carbocycles. The van der Waals surface area contributed by atoms with Gasteiger partial charge in [-0.1, -0.05) is 6.42 Å². The fourth-order valence-corrected chi connectivity index (χ4v) is 2.36. The maximum Gasteiger partial charge on any atom is 0.328 e. The topological polar surface area (TPSA) is 164 Å². The van der Waals surface area contributed by atoms with Crippen molar-refractivity contribution < 1.29 is 39.6 Å². The van der Waals surface area contributed by atoms with Crippen molar-refractivity contribution in [2.24, 2.45) is 0 Å². The number of rotatable bonds is 4. The average Bonchev–Trinajstić information content (AvgIpc) is 2.59. The van der Waals surface area contributed by atoms with Crippen LogP contribution in [0.25, 0.3) is 0 Å². The van der Waals surface area contributed by atoms with Crippen LogP contribution >= 0.6 is 0 Å². The van der Waals surface area contributed by atoms with E-state index in [1.165, 1.54) is 45.4 Å². The van der Waals surface area contributed by atoms with Crippen molar-refractivity contribution in [1.29, 1.82) is 0 Å². The lowest BCUT2D eigenvalue weighted by molar-refractivity contribution is -0.134. The third-order valence-corrected chi connectivity index (χ3v) is 3.44. The van der Waals surface area contributed by atoms with E-state index in [9.17, 15) is 19.2 Å². The van der Waals surface area contributed by atoms with Gasteiger partial charge in [-0.05, 0) is 19.4 Å². The van der Waals surface area contributed by atoms with Gasteiger partial charge in [0.2, 0.25) is 0 Å². The van der Waals surface area contributed by atoms with Gasteiger partial charge >= 0.3 is 23.9 Å². The largest absolute Gasteiger partial charge is 0.478 e. The van der Waals surface area contributed by atoms with E-state index in [0.29, 0.717) is 24.3 Å². The Morgan fingerprint density at radius 1 is 0.769 bits per heavy atom. The minimum absolute atomic E-state index is 0.558. The normalized spacial score (nSPS) is 19.5. The van der Waals surface area contributed by atoms with Crippen LogP contribution in [0.15, 0.2) is 24.3 Å². The number of hydrogen-bond donors (Lipinski definition) is 5. The molecule has 2 aliphatic rings. The molecule has 2 fully saturated rings. The molecule has 0 spiro atoms. The molecule has 5 N–H and O–H groups in total. The van der Waals surface area contributed by atoms with E-state index in [0.717, 1.165) is 6.04 Å². The van der Waals surface area contributed by atoms with Gasteiger partial charge in [0.15, 0.2) is 0 Å². The second-order valence-corrected chi connectivity index (χ2v) is 5.41. The molecule has 0 aromatic heterocycles. The number of hydrogen-bond acceptors (Lipinski definition) is 6. The monoisotopic (exact) mass is 372 g/mol. The quantitative estimate of drug-likeness (QED) is 0.420. The van der Waals surface area contributed by atoms with Gasteiger partial charge < -0.3 is 25.7 Å². The van der Waals surface area contributed by atoms with Gasteiger partial charge in [-0.15, -0.1) is 0 Å². The Morgan fingerprint density at radius 3 is 1.62 bits per heavy atom. The first-order chi connectivity index (χ1) is 12.2. The summed E-state index contributed by atoms with van der Waals surface area (Å²) in [4.78, 5) is 40.9. The highest BCUT2D eigenvalue weighted by molar-refractivity contribution is 5.90. The zero-order valence-corrected chi connectivity index (χ0v) is 14.2. The highest BCUT2D eigenvalue weighted by Crippen LogP contribution is 2.17. The fourth-order valence-electron chi connectivity index (χ4n) is 2.36. The van der Waals surface area contributed by atoms with Gasteiger partial charge in [0.25, 0.3) is 0 Å². The molecule has 1 atom stereocenters. The van der Waals surface area contributed by atoms with Gasteiger partial charge in [-0.3, -0.25) is 4.90 Å². The van der Waals surface area contributed by atoms with E-state index in [-0.39, 0.29) is 0 Å². The van der Waals surface area contributed by atoms with Crippen LogP contribution in [-0.2, 0) is 19.2 Å². The third-order valence-electron chi connectivity index (χ3n) is 3.44. The predicted molar refractivity (Wildman–Crippen MR) is 90.9 cm³/mol. The van der Waals surface area contributed by atoms with Crippen molar-refractivity contribution >= 4 is 23.9 Å². The fraction of sp³-hybridized carbons (Fsp3) is 0.500. The highest BCUT2D eigenvalue weighted by atomic mass is 16.4. The summed E-state index contributed by atoms with van der Waals surface area (Å²) in [5, 5.41) is 34.7. The Kier molecular flexibility index (Phi) is 12.1. The molecule has 0 aromatic rings. The lowest BCUT2D eigenvalue weighted by Crippen LogP contribution is -2.53. The third kappa shape index (κ3) is 13.7. The van der Waals surface area contributed by atoms with Crippen molar-refractivity contribution in [3.05, 3.63) is 24.3 Å². The van der Waals surface area contributed by atoms with E-state index < -0.39 is 23.9 Å². The summed E-state index contributed by atoms with van der Waals surface area (Å²) in [6.45, 7) is 5.08. The summed E-state index contributed by atoms with van der Waals surface area (Å²) in [6, 6.07) is 0.877. The molecule has 2 aliphatic heterocycles. The predicted octanol–water partition coefficient (Wildman–Crippen LogP) is -0.132. The van der Waals surface area contributed by atoms with Gasteiger partial charge in [-0.25, -0.2) is 19.2 Å². The number of nitrogens with one attached hydrogen (secondary N) is 1. The van der Waals surface area contributed by atoms with Crippen molar-refractivity contribution in [3.63, 3.8) is 0 Å². The minimum Gasteiger partial charge on any atom is -0.478 e. The molecule has 146 valence electrons. The minimum atomic E-state index is -1.26. The molecular weight excluding hydrogens is 348 g/mol. The molecule has 1 unspecified atom stereocenters. The lowest BCUT2D eigenvalue weighted by Gasteiger charge is -2.39. The molecule has 2 saturated heterocycles.